The number of para-hydroxylation sites is 1. The summed E-state index contributed by atoms with van der Waals surface area (Å²) in [6.45, 7) is 1.20. The SMILES string of the molecule is CN(CCCNc1cc(-c2ccccc2Cl)nc2c(Br)cnn12)C(=O)c1cc2ccccc2o1. The highest BCUT2D eigenvalue weighted by molar-refractivity contribution is 9.10. The van der Waals surface area contributed by atoms with Crippen LogP contribution < -0.4 is 5.32 Å². The summed E-state index contributed by atoms with van der Waals surface area (Å²) in [6.07, 6.45) is 2.44. The highest BCUT2D eigenvalue weighted by Crippen LogP contribution is 2.30. The minimum absolute atomic E-state index is 0.139. The first-order chi connectivity index (χ1) is 16.5. The average molecular weight is 539 g/mol. The molecule has 0 atom stereocenters. The number of carbonyl (C=O) groups is 1. The van der Waals surface area contributed by atoms with Gasteiger partial charge in [-0.05, 0) is 40.5 Å². The Kier molecular flexibility index (Phi) is 6.26. The van der Waals surface area contributed by atoms with E-state index in [1.54, 1.807) is 28.7 Å². The smallest absolute Gasteiger partial charge is 0.289 e. The van der Waals surface area contributed by atoms with Crippen molar-refractivity contribution in [1.29, 1.82) is 0 Å². The normalized spacial score (nSPS) is 11.3. The van der Waals surface area contributed by atoms with Gasteiger partial charge in [-0.2, -0.15) is 9.61 Å². The van der Waals surface area contributed by atoms with Gasteiger partial charge in [0.25, 0.3) is 5.91 Å². The van der Waals surface area contributed by atoms with E-state index in [1.807, 2.05) is 54.6 Å². The maximum atomic E-state index is 12.8. The van der Waals surface area contributed by atoms with Crippen LogP contribution in [0.2, 0.25) is 5.02 Å². The number of nitrogens with one attached hydrogen (secondary N) is 1. The van der Waals surface area contributed by atoms with Crippen molar-refractivity contribution in [3.63, 3.8) is 0 Å². The lowest BCUT2D eigenvalue weighted by atomic mass is 10.1. The third kappa shape index (κ3) is 4.38. The highest BCUT2D eigenvalue weighted by atomic mass is 79.9. The number of furan rings is 1. The summed E-state index contributed by atoms with van der Waals surface area (Å²) >= 11 is 9.92. The Balaban J connectivity index is 1.27. The molecule has 5 rings (SSSR count). The van der Waals surface area contributed by atoms with Crippen LogP contribution in [0, 0.1) is 0 Å². The Labute approximate surface area is 209 Å². The monoisotopic (exact) mass is 537 g/mol. The molecule has 2 aromatic carbocycles. The summed E-state index contributed by atoms with van der Waals surface area (Å²) in [7, 11) is 1.78. The van der Waals surface area contributed by atoms with Crippen LogP contribution in [0.5, 0.6) is 0 Å². The Morgan fingerprint density at radius 3 is 2.79 bits per heavy atom. The fourth-order valence-electron chi connectivity index (χ4n) is 3.78. The molecule has 0 saturated carbocycles. The number of benzene rings is 2. The Morgan fingerprint density at radius 1 is 1.18 bits per heavy atom. The average Bonchev–Trinajstić information content (AvgIpc) is 3.45. The molecule has 0 aliphatic rings. The molecule has 0 radical (unpaired) electrons. The minimum Gasteiger partial charge on any atom is -0.451 e. The lowest BCUT2D eigenvalue weighted by molar-refractivity contribution is 0.0765. The van der Waals surface area contributed by atoms with E-state index in [4.69, 9.17) is 21.0 Å². The number of rotatable bonds is 7. The van der Waals surface area contributed by atoms with Crippen LogP contribution >= 0.6 is 27.5 Å². The second-order valence-electron chi connectivity index (χ2n) is 7.89. The summed E-state index contributed by atoms with van der Waals surface area (Å²) in [5, 5.41) is 9.38. The lowest BCUT2D eigenvalue weighted by Gasteiger charge is -2.16. The minimum atomic E-state index is -0.139. The number of fused-ring (bicyclic) bond motifs is 2. The van der Waals surface area contributed by atoms with Gasteiger partial charge < -0.3 is 14.6 Å². The Morgan fingerprint density at radius 2 is 1.97 bits per heavy atom. The molecule has 0 fully saturated rings. The first kappa shape index (κ1) is 22.4. The Hall–Kier alpha value is -3.36. The van der Waals surface area contributed by atoms with Crippen LogP contribution in [-0.4, -0.2) is 45.5 Å². The van der Waals surface area contributed by atoms with Gasteiger partial charge in [0.05, 0.1) is 16.4 Å². The first-order valence-electron chi connectivity index (χ1n) is 10.8. The summed E-state index contributed by atoms with van der Waals surface area (Å²) in [5.74, 6) is 0.995. The quantitative estimate of drug-likeness (QED) is 0.252. The van der Waals surface area contributed by atoms with Crippen LogP contribution in [0.3, 0.4) is 0 Å². The molecule has 1 N–H and O–H groups in total. The molecule has 3 aromatic heterocycles. The van der Waals surface area contributed by atoms with Gasteiger partial charge in [0.2, 0.25) is 0 Å². The van der Waals surface area contributed by atoms with Crippen LogP contribution in [0.4, 0.5) is 5.82 Å². The predicted octanol–water partition coefficient (Wildman–Crippen LogP) is 6.13. The molecule has 3 heterocycles. The topological polar surface area (TPSA) is 75.7 Å². The largest absolute Gasteiger partial charge is 0.451 e. The molecule has 0 bridgehead atoms. The molecule has 5 aromatic rings. The van der Waals surface area contributed by atoms with Crippen molar-refractivity contribution in [2.24, 2.45) is 0 Å². The summed E-state index contributed by atoms with van der Waals surface area (Å²) in [5.41, 5.74) is 3.00. The number of aromatic nitrogens is 3. The van der Waals surface area contributed by atoms with E-state index in [2.05, 4.69) is 26.3 Å². The van der Waals surface area contributed by atoms with Crippen molar-refractivity contribution in [2.75, 3.05) is 25.5 Å². The maximum absolute atomic E-state index is 12.8. The highest BCUT2D eigenvalue weighted by Gasteiger charge is 2.17. The predicted molar refractivity (Wildman–Crippen MR) is 137 cm³/mol. The summed E-state index contributed by atoms with van der Waals surface area (Å²) in [4.78, 5) is 19.2. The lowest BCUT2D eigenvalue weighted by Crippen LogP contribution is -2.28. The third-order valence-corrected chi connectivity index (χ3v) is 6.43. The van der Waals surface area contributed by atoms with Crippen LogP contribution in [0.25, 0.3) is 27.9 Å². The summed E-state index contributed by atoms with van der Waals surface area (Å²) < 4.78 is 8.24. The number of carbonyl (C=O) groups excluding carboxylic acids is 1. The molecule has 172 valence electrons. The molecule has 0 unspecified atom stereocenters. The zero-order chi connectivity index (χ0) is 23.7. The fraction of sp³-hybridized carbons (Fsp3) is 0.160. The number of hydrogen-bond donors (Lipinski definition) is 1. The van der Waals surface area contributed by atoms with Gasteiger partial charge in [0, 0.05) is 42.2 Å². The van der Waals surface area contributed by atoms with Crippen LogP contribution in [0.1, 0.15) is 17.0 Å². The number of nitrogens with zero attached hydrogens (tertiary/aromatic N) is 4. The van der Waals surface area contributed by atoms with Gasteiger partial charge in [-0.25, -0.2) is 4.98 Å². The van der Waals surface area contributed by atoms with E-state index in [1.165, 1.54) is 0 Å². The van der Waals surface area contributed by atoms with Crippen LogP contribution in [0.15, 0.2) is 75.8 Å². The van der Waals surface area contributed by atoms with E-state index in [0.717, 1.165) is 33.4 Å². The third-order valence-electron chi connectivity index (χ3n) is 5.54. The van der Waals surface area contributed by atoms with Crippen LogP contribution in [-0.2, 0) is 0 Å². The van der Waals surface area contributed by atoms with E-state index in [0.29, 0.717) is 35.1 Å². The molecular weight excluding hydrogens is 518 g/mol. The fourth-order valence-corrected chi connectivity index (χ4v) is 4.36. The summed E-state index contributed by atoms with van der Waals surface area (Å²) in [6, 6.07) is 18.9. The van der Waals surface area contributed by atoms with E-state index >= 15 is 0 Å². The van der Waals surface area contributed by atoms with Gasteiger partial charge >= 0.3 is 0 Å². The van der Waals surface area contributed by atoms with Crippen molar-refractivity contribution in [3.8, 4) is 11.3 Å². The van der Waals surface area contributed by atoms with E-state index in [-0.39, 0.29) is 5.91 Å². The molecular formula is C25H21BrClN5O2. The van der Waals surface area contributed by atoms with E-state index in [9.17, 15) is 4.79 Å². The second-order valence-corrected chi connectivity index (χ2v) is 9.15. The van der Waals surface area contributed by atoms with E-state index < -0.39 is 0 Å². The maximum Gasteiger partial charge on any atom is 0.289 e. The molecule has 9 heteroatoms. The first-order valence-corrected chi connectivity index (χ1v) is 12.0. The molecule has 34 heavy (non-hydrogen) atoms. The van der Waals surface area contributed by atoms with Gasteiger partial charge in [0.1, 0.15) is 11.4 Å². The van der Waals surface area contributed by atoms with Crippen molar-refractivity contribution >= 4 is 55.9 Å². The molecule has 7 nitrogen and oxygen atoms in total. The molecule has 0 saturated heterocycles. The van der Waals surface area contributed by atoms with Gasteiger partial charge in [0.15, 0.2) is 11.4 Å². The number of halogens is 2. The Bertz CT molecular complexity index is 1460. The van der Waals surface area contributed by atoms with Gasteiger partial charge in [-0.1, -0.05) is 48.0 Å². The van der Waals surface area contributed by atoms with Crippen molar-refractivity contribution in [2.45, 2.75) is 6.42 Å². The zero-order valence-corrected chi connectivity index (χ0v) is 20.7. The van der Waals surface area contributed by atoms with Crippen molar-refractivity contribution in [1.82, 2.24) is 19.5 Å². The molecule has 0 aliphatic carbocycles. The van der Waals surface area contributed by atoms with Crippen molar-refractivity contribution < 1.29 is 9.21 Å². The number of anilines is 1. The van der Waals surface area contributed by atoms with Crippen molar-refractivity contribution in [3.05, 3.63) is 82.1 Å². The number of amides is 1. The number of hydrogen-bond acceptors (Lipinski definition) is 5. The van der Waals surface area contributed by atoms with Gasteiger partial charge in [-0.3, -0.25) is 4.79 Å². The standard InChI is InChI=1S/C25H21BrClN5O2/c1-31(25(33)22-13-16-7-2-5-10-21(16)34-22)12-6-11-28-23-14-20(17-8-3-4-9-19(17)27)30-24-18(26)15-29-32(23)24/h2-5,7-10,13-15,28H,6,11-12H2,1H3. The second kappa shape index (κ2) is 9.48. The molecule has 0 spiro atoms. The zero-order valence-electron chi connectivity index (χ0n) is 18.3. The molecule has 0 aliphatic heterocycles. The van der Waals surface area contributed by atoms with Gasteiger partial charge in [-0.15, -0.1) is 0 Å². The molecule has 1 amide bonds.